The Labute approximate surface area is 121 Å². The average Bonchev–Trinajstić information content (AvgIpc) is 2.76. The molecule has 0 spiro atoms. The molecule has 0 atom stereocenters. The number of benzene rings is 1. The molecule has 21 heavy (non-hydrogen) atoms. The van der Waals surface area contributed by atoms with Gasteiger partial charge in [-0.25, -0.2) is 18.5 Å². The molecule has 2 N–H and O–H groups in total. The van der Waals surface area contributed by atoms with E-state index in [1.54, 1.807) is 24.3 Å². The number of primary sulfonamides is 1. The van der Waals surface area contributed by atoms with E-state index in [4.69, 9.17) is 9.66 Å². The van der Waals surface area contributed by atoms with Gasteiger partial charge in [0, 0.05) is 5.39 Å². The highest BCUT2D eigenvalue weighted by Crippen LogP contribution is 2.28. The summed E-state index contributed by atoms with van der Waals surface area (Å²) in [7, 11) is -3.78. The monoisotopic (exact) mass is 303 g/mol. The van der Waals surface area contributed by atoms with Crippen LogP contribution < -0.4 is 5.14 Å². The number of fused-ring (bicyclic) bond motifs is 1. The molecule has 7 heteroatoms. The first-order valence-corrected chi connectivity index (χ1v) is 7.78. The van der Waals surface area contributed by atoms with Crippen LogP contribution in [0.1, 0.15) is 11.5 Å². The minimum atomic E-state index is -3.78. The first-order valence-electron chi connectivity index (χ1n) is 6.24. The smallest absolute Gasteiger partial charge is 0.238 e. The van der Waals surface area contributed by atoms with E-state index in [0.29, 0.717) is 22.4 Å². The van der Waals surface area contributed by atoms with Crippen molar-refractivity contribution in [1.29, 1.82) is 0 Å². The van der Waals surface area contributed by atoms with Crippen molar-refractivity contribution in [2.45, 2.75) is 18.7 Å². The first kappa shape index (κ1) is 13.7. The van der Waals surface area contributed by atoms with Gasteiger partial charge in [-0.3, -0.25) is 0 Å². The molecular weight excluding hydrogens is 290 g/mol. The normalized spacial score (nSPS) is 12.0. The van der Waals surface area contributed by atoms with Crippen LogP contribution in [0.15, 0.2) is 39.8 Å². The summed E-state index contributed by atoms with van der Waals surface area (Å²) in [6.45, 7) is 3.64. The number of hydrogen-bond acceptors (Lipinski definition) is 5. The second-order valence-electron chi connectivity index (χ2n) is 4.76. The lowest BCUT2D eigenvalue weighted by atomic mass is 10.1. The number of sulfonamides is 1. The van der Waals surface area contributed by atoms with Gasteiger partial charge in [-0.1, -0.05) is 11.2 Å². The molecule has 2 heterocycles. The zero-order valence-electron chi connectivity index (χ0n) is 11.5. The van der Waals surface area contributed by atoms with Gasteiger partial charge in [0.05, 0.1) is 27.4 Å². The third-order valence-corrected chi connectivity index (χ3v) is 4.26. The standard InChI is InChI=1S/C14H13N3O3S/c1-8-14(9(2)20-17-8)12-7-6-10-11(16-12)4-3-5-13(10)21(15,18)19/h3-7H,1-2H3,(H2,15,18,19). The van der Waals surface area contributed by atoms with Gasteiger partial charge in [0.2, 0.25) is 10.0 Å². The molecule has 3 aromatic rings. The topological polar surface area (TPSA) is 99.1 Å². The van der Waals surface area contributed by atoms with Crippen molar-refractivity contribution >= 4 is 20.9 Å². The van der Waals surface area contributed by atoms with Crippen LogP contribution in [0.4, 0.5) is 0 Å². The van der Waals surface area contributed by atoms with Gasteiger partial charge in [0.1, 0.15) is 5.76 Å². The molecular formula is C14H13N3O3S. The molecule has 0 radical (unpaired) electrons. The van der Waals surface area contributed by atoms with Gasteiger partial charge in [0.25, 0.3) is 0 Å². The van der Waals surface area contributed by atoms with Crippen molar-refractivity contribution in [3.8, 4) is 11.3 Å². The van der Waals surface area contributed by atoms with Crippen LogP contribution in [-0.4, -0.2) is 18.6 Å². The summed E-state index contributed by atoms with van der Waals surface area (Å²) in [4.78, 5) is 4.56. The van der Waals surface area contributed by atoms with Crippen molar-refractivity contribution in [1.82, 2.24) is 10.1 Å². The Morgan fingerprint density at radius 1 is 1.14 bits per heavy atom. The van der Waals surface area contributed by atoms with Crippen LogP contribution in [-0.2, 0) is 10.0 Å². The Balaban J connectivity index is 2.28. The van der Waals surface area contributed by atoms with E-state index in [1.807, 2.05) is 13.8 Å². The molecule has 108 valence electrons. The number of hydrogen-bond donors (Lipinski definition) is 1. The van der Waals surface area contributed by atoms with Gasteiger partial charge in [0.15, 0.2) is 0 Å². The quantitative estimate of drug-likeness (QED) is 0.782. The second kappa shape index (κ2) is 4.64. The van der Waals surface area contributed by atoms with Gasteiger partial charge < -0.3 is 4.52 Å². The summed E-state index contributed by atoms with van der Waals surface area (Å²) < 4.78 is 28.3. The van der Waals surface area contributed by atoms with E-state index >= 15 is 0 Å². The Hall–Kier alpha value is -2.25. The maximum atomic E-state index is 11.6. The molecule has 0 aliphatic heterocycles. The Kier molecular flexibility index (Phi) is 3.03. The first-order chi connectivity index (χ1) is 9.88. The highest BCUT2D eigenvalue weighted by Gasteiger charge is 2.16. The summed E-state index contributed by atoms with van der Waals surface area (Å²) >= 11 is 0. The molecule has 2 aromatic heterocycles. The van der Waals surface area contributed by atoms with E-state index in [0.717, 1.165) is 11.3 Å². The van der Waals surface area contributed by atoms with Crippen LogP contribution in [0.25, 0.3) is 22.2 Å². The van der Waals surface area contributed by atoms with E-state index < -0.39 is 10.0 Å². The van der Waals surface area contributed by atoms with E-state index in [2.05, 4.69) is 10.1 Å². The molecule has 6 nitrogen and oxygen atoms in total. The molecule has 0 saturated carbocycles. The summed E-state index contributed by atoms with van der Waals surface area (Å²) in [6.07, 6.45) is 0. The highest BCUT2D eigenvalue weighted by atomic mass is 32.2. The lowest BCUT2D eigenvalue weighted by Crippen LogP contribution is -2.12. The predicted octanol–water partition coefficient (Wildman–Crippen LogP) is 2.15. The molecule has 0 amide bonds. The summed E-state index contributed by atoms with van der Waals surface area (Å²) in [5.74, 6) is 0.668. The molecule has 3 rings (SSSR count). The van der Waals surface area contributed by atoms with Gasteiger partial charge in [-0.05, 0) is 38.1 Å². The number of nitrogens with zero attached hydrogens (tertiary/aromatic N) is 2. The van der Waals surface area contributed by atoms with Crippen molar-refractivity contribution in [2.24, 2.45) is 5.14 Å². The summed E-state index contributed by atoms with van der Waals surface area (Å²) in [5, 5.41) is 9.62. The molecule has 0 saturated heterocycles. The molecule has 0 unspecified atom stereocenters. The zero-order chi connectivity index (χ0) is 15.2. The van der Waals surface area contributed by atoms with Crippen LogP contribution in [0.2, 0.25) is 0 Å². The van der Waals surface area contributed by atoms with Gasteiger partial charge in [-0.15, -0.1) is 0 Å². The van der Waals surface area contributed by atoms with Crippen molar-refractivity contribution in [3.63, 3.8) is 0 Å². The zero-order valence-corrected chi connectivity index (χ0v) is 12.3. The Bertz CT molecular complexity index is 926. The number of pyridine rings is 1. The Morgan fingerprint density at radius 3 is 2.52 bits per heavy atom. The maximum absolute atomic E-state index is 11.6. The average molecular weight is 303 g/mol. The minimum absolute atomic E-state index is 0.0674. The number of rotatable bonds is 2. The fraction of sp³-hybridized carbons (Fsp3) is 0.143. The molecule has 0 aliphatic carbocycles. The molecule has 0 aliphatic rings. The predicted molar refractivity (Wildman–Crippen MR) is 78.1 cm³/mol. The van der Waals surface area contributed by atoms with Crippen LogP contribution in [0.3, 0.4) is 0 Å². The fourth-order valence-corrected chi connectivity index (χ4v) is 3.11. The van der Waals surface area contributed by atoms with E-state index in [9.17, 15) is 8.42 Å². The largest absolute Gasteiger partial charge is 0.361 e. The van der Waals surface area contributed by atoms with Crippen LogP contribution in [0.5, 0.6) is 0 Å². The van der Waals surface area contributed by atoms with Crippen molar-refractivity contribution in [3.05, 3.63) is 41.8 Å². The highest BCUT2D eigenvalue weighted by molar-refractivity contribution is 7.89. The molecule has 1 aromatic carbocycles. The summed E-state index contributed by atoms with van der Waals surface area (Å²) in [5.41, 5.74) is 2.80. The lowest BCUT2D eigenvalue weighted by Gasteiger charge is -2.06. The Morgan fingerprint density at radius 2 is 1.90 bits per heavy atom. The SMILES string of the molecule is Cc1noc(C)c1-c1ccc2c(S(N)(=O)=O)cccc2n1. The minimum Gasteiger partial charge on any atom is -0.361 e. The maximum Gasteiger partial charge on any atom is 0.238 e. The number of aromatic nitrogens is 2. The van der Waals surface area contributed by atoms with Crippen LogP contribution >= 0.6 is 0 Å². The third-order valence-electron chi connectivity index (χ3n) is 3.29. The van der Waals surface area contributed by atoms with E-state index in [-0.39, 0.29) is 4.90 Å². The number of nitrogens with two attached hydrogens (primary N) is 1. The fourth-order valence-electron chi connectivity index (χ4n) is 2.36. The van der Waals surface area contributed by atoms with Crippen molar-refractivity contribution in [2.75, 3.05) is 0 Å². The lowest BCUT2D eigenvalue weighted by molar-refractivity contribution is 0.393. The van der Waals surface area contributed by atoms with Crippen LogP contribution in [0, 0.1) is 13.8 Å². The molecule has 0 fully saturated rings. The molecule has 0 bridgehead atoms. The second-order valence-corrected chi connectivity index (χ2v) is 6.29. The summed E-state index contributed by atoms with van der Waals surface area (Å²) in [6, 6.07) is 8.26. The van der Waals surface area contributed by atoms with Gasteiger partial charge in [-0.2, -0.15) is 0 Å². The van der Waals surface area contributed by atoms with E-state index in [1.165, 1.54) is 6.07 Å². The van der Waals surface area contributed by atoms with Crippen molar-refractivity contribution < 1.29 is 12.9 Å². The van der Waals surface area contributed by atoms with Gasteiger partial charge >= 0.3 is 0 Å². The third kappa shape index (κ3) is 2.30. The number of aryl methyl sites for hydroxylation is 2.